The molecule has 14 nitrogen and oxygen atoms in total. The Morgan fingerprint density at radius 1 is 1.12 bits per heavy atom. The largest absolute Gasteiger partial charge is 0.453 e. The van der Waals surface area contributed by atoms with Gasteiger partial charge in [0.25, 0.3) is 0 Å². The zero-order valence-corrected chi connectivity index (χ0v) is 24.3. The fourth-order valence-electron chi connectivity index (χ4n) is 4.70. The first-order chi connectivity index (χ1) is 19.6. The quantitative estimate of drug-likeness (QED) is 0.140. The minimum absolute atomic E-state index is 0.0587. The Hall–Kier alpha value is -3.83. The van der Waals surface area contributed by atoms with E-state index in [2.05, 4.69) is 30.7 Å². The molecule has 0 saturated heterocycles. The van der Waals surface area contributed by atoms with Crippen molar-refractivity contribution in [2.75, 3.05) is 12.4 Å². The molecule has 0 aromatic carbocycles. The monoisotopic (exact) mass is 597 g/mol. The molecule has 4 aromatic rings. The van der Waals surface area contributed by atoms with Gasteiger partial charge in [-0.2, -0.15) is 0 Å². The summed E-state index contributed by atoms with van der Waals surface area (Å²) in [6.07, 6.45) is 0.700. The maximum absolute atomic E-state index is 13.1. The van der Waals surface area contributed by atoms with Crippen molar-refractivity contribution in [2.45, 2.75) is 63.6 Å². The number of fused-ring (bicyclic) bond motifs is 1. The van der Waals surface area contributed by atoms with Gasteiger partial charge in [-0.15, -0.1) is 11.3 Å². The van der Waals surface area contributed by atoms with Gasteiger partial charge in [0, 0.05) is 18.3 Å². The Kier molecular flexibility index (Phi) is 8.75. The number of hydrogen-bond donors (Lipinski definition) is 6. The number of ether oxygens (including phenoxy) is 1. The van der Waals surface area contributed by atoms with Crippen LogP contribution in [0.4, 0.5) is 16.4 Å². The molecule has 2 unspecified atom stereocenters. The van der Waals surface area contributed by atoms with E-state index in [1.54, 1.807) is 26.1 Å². The lowest BCUT2D eigenvalue weighted by Crippen LogP contribution is -2.41. The molecule has 4 heterocycles. The van der Waals surface area contributed by atoms with Crippen molar-refractivity contribution in [1.82, 2.24) is 24.1 Å². The van der Waals surface area contributed by atoms with Crippen molar-refractivity contribution < 1.29 is 30.0 Å². The first-order valence-electron chi connectivity index (χ1n) is 12.9. The second-order valence-electron chi connectivity index (χ2n) is 10.5. The number of anilines is 2. The third-order valence-corrected chi connectivity index (χ3v) is 7.96. The summed E-state index contributed by atoms with van der Waals surface area (Å²) in [5.41, 5.74) is 4.61. The van der Waals surface area contributed by atoms with Crippen molar-refractivity contribution >= 4 is 47.9 Å². The lowest BCUT2D eigenvalue weighted by Gasteiger charge is -2.15. The summed E-state index contributed by atoms with van der Waals surface area (Å²) in [5.74, 6) is 0.772. The predicted molar refractivity (Wildman–Crippen MR) is 156 cm³/mol. The lowest BCUT2D eigenvalue weighted by molar-refractivity contribution is -0.374. The number of primary amides is 1. The highest BCUT2D eigenvalue weighted by Gasteiger charge is 2.33. The van der Waals surface area contributed by atoms with Crippen LogP contribution in [0.3, 0.4) is 0 Å². The van der Waals surface area contributed by atoms with Gasteiger partial charge in [0.2, 0.25) is 0 Å². The number of carbonyl (C=O) groups is 1. The lowest BCUT2D eigenvalue weighted by atomic mass is 9.86. The number of carbonyl (C=O) groups excluding carboxylic acids is 1. The fourth-order valence-corrected chi connectivity index (χ4v) is 5.58. The highest BCUT2D eigenvalue weighted by atomic mass is 32.1. The number of aromatic nitrogens is 5. The van der Waals surface area contributed by atoms with Gasteiger partial charge >= 0.3 is 17.9 Å². The molecule has 1 saturated carbocycles. The summed E-state index contributed by atoms with van der Waals surface area (Å²) in [4.78, 5) is 36.6. The molecule has 0 bridgehead atoms. The zero-order valence-electron chi connectivity index (χ0n) is 23.5. The molecular weight excluding hydrogens is 565 g/mol. The van der Waals surface area contributed by atoms with Crippen LogP contribution in [0.1, 0.15) is 49.6 Å². The smallest absolute Gasteiger partial charge is 0.404 e. The Bertz CT molecular complexity index is 1660. The van der Waals surface area contributed by atoms with Crippen LogP contribution in [0.25, 0.3) is 21.7 Å². The predicted octanol–water partition coefficient (Wildman–Crippen LogP) is 1.93. The van der Waals surface area contributed by atoms with E-state index in [0.717, 1.165) is 12.0 Å². The highest BCUT2D eigenvalue weighted by Crippen LogP contribution is 2.38. The van der Waals surface area contributed by atoms with Crippen LogP contribution < -0.4 is 16.7 Å². The number of aryl methyl sites for hydroxylation is 1. The minimum atomic E-state index is -3.39. The first-order valence-corrected chi connectivity index (χ1v) is 13.7. The first kappa shape index (κ1) is 31.1. The number of thiazole rings is 1. The van der Waals surface area contributed by atoms with E-state index < -0.39 is 23.5 Å². The summed E-state index contributed by atoms with van der Waals surface area (Å²) >= 11 is 1.35. The summed E-state index contributed by atoms with van der Waals surface area (Å²) < 4.78 is 5.81. The molecule has 0 spiro atoms. The van der Waals surface area contributed by atoms with Crippen molar-refractivity contribution in [1.29, 1.82) is 0 Å². The van der Waals surface area contributed by atoms with Crippen molar-refractivity contribution in [2.24, 2.45) is 5.73 Å². The van der Waals surface area contributed by atoms with Crippen molar-refractivity contribution in [3.05, 3.63) is 51.5 Å². The van der Waals surface area contributed by atoms with Crippen LogP contribution in [-0.2, 0) is 16.4 Å². The molecule has 1 aliphatic carbocycles. The van der Waals surface area contributed by atoms with Gasteiger partial charge in [-0.25, -0.2) is 29.1 Å². The van der Waals surface area contributed by atoms with Gasteiger partial charge in [0.05, 0.1) is 42.7 Å². The van der Waals surface area contributed by atoms with Crippen LogP contribution in [0.2, 0.25) is 5.82 Å². The molecule has 0 aliphatic heterocycles. The van der Waals surface area contributed by atoms with Gasteiger partial charge in [-0.3, -0.25) is 4.57 Å². The third kappa shape index (κ3) is 6.79. The SMILES string of the molecule is COC(N)=O.[B]C1CCC(n2c(=O)n(C(O)(O)O)c3cnc(Nc4cc(C)cc(-c5ncc(C(C)(C)O)s5)n4)cc32)C1. The van der Waals surface area contributed by atoms with Gasteiger partial charge < -0.3 is 36.2 Å². The molecule has 1 aliphatic rings. The van der Waals surface area contributed by atoms with E-state index in [4.69, 9.17) is 7.85 Å². The molecule has 1 amide bonds. The third-order valence-electron chi connectivity index (χ3n) is 6.63. The number of aliphatic hydroxyl groups is 4. The number of imidazole rings is 1. The topological polar surface area (TPSA) is 211 Å². The highest BCUT2D eigenvalue weighted by molar-refractivity contribution is 7.15. The van der Waals surface area contributed by atoms with Crippen LogP contribution in [-0.4, -0.2) is 65.6 Å². The zero-order chi connectivity index (χ0) is 31.0. The fraction of sp³-hybridized carbons (Fsp3) is 0.423. The van der Waals surface area contributed by atoms with Gasteiger partial charge in [0.1, 0.15) is 22.3 Å². The Morgan fingerprint density at radius 2 is 1.81 bits per heavy atom. The van der Waals surface area contributed by atoms with E-state index in [-0.39, 0.29) is 17.4 Å². The summed E-state index contributed by atoms with van der Waals surface area (Å²) in [6, 6.07) is 5.05. The molecule has 16 heteroatoms. The van der Waals surface area contributed by atoms with Crippen LogP contribution >= 0.6 is 11.3 Å². The van der Waals surface area contributed by atoms with Crippen molar-refractivity contribution in [3.63, 3.8) is 0 Å². The van der Waals surface area contributed by atoms with E-state index in [1.165, 1.54) is 29.2 Å². The van der Waals surface area contributed by atoms with Crippen LogP contribution in [0.5, 0.6) is 0 Å². The standard InChI is InChI=1S/C24H27BN6O5S.C2H5NO2/c1-12-6-15(21-27-11-18(37-21)23(2,3)33)28-20(7-12)29-19-9-16-17(10-26-19)31(24(34,35)36)22(32)30(16)14-5-4-13(25)8-14;1-5-2(3)4/h6-7,9-11,13-14,33-36H,4-5,8H2,1-3H3,(H,26,28,29);1H3,(H2,3,4). The van der Waals surface area contributed by atoms with Crippen molar-refractivity contribution in [3.8, 4) is 10.7 Å². The second-order valence-corrected chi connectivity index (χ2v) is 11.6. The average Bonchev–Trinajstić information content (AvgIpc) is 3.60. The van der Waals surface area contributed by atoms with Crippen LogP contribution in [0.15, 0.2) is 35.4 Å². The normalized spacial score (nSPS) is 17.1. The number of pyridine rings is 2. The Morgan fingerprint density at radius 3 is 2.36 bits per heavy atom. The number of nitrogens with zero attached hydrogens (tertiary/aromatic N) is 5. The molecule has 7 N–H and O–H groups in total. The number of nitrogens with two attached hydrogens (primary N) is 1. The molecule has 1 fully saturated rings. The molecule has 4 aromatic heterocycles. The number of hydrogen-bond acceptors (Lipinski definition) is 12. The molecular formula is C26H32BN7O7S. The number of amides is 1. The van der Waals surface area contributed by atoms with E-state index >= 15 is 0 Å². The molecule has 222 valence electrons. The van der Waals surface area contributed by atoms with Gasteiger partial charge in [-0.1, -0.05) is 12.2 Å². The molecule has 5 rings (SSSR count). The van der Waals surface area contributed by atoms with E-state index in [1.807, 2.05) is 19.1 Å². The van der Waals surface area contributed by atoms with E-state index in [9.17, 15) is 30.0 Å². The second kappa shape index (κ2) is 11.8. The minimum Gasteiger partial charge on any atom is -0.453 e. The number of rotatable bonds is 6. The summed E-state index contributed by atoms with van der Waals surface area (Å²) in [5, 5.41) is 43.7. The summed E-state index contributed by atoms with van der Waals surface area (Å²) in [6.45, 7) is 5.31. The molecule has 2 atom stereocenters. The maximum atomic E-state index is 13.1. The average molecular weight is 597 g/mol. The van der Waals surface area contributed by atoms with Crippen LogP contribution in [0, 0.1) is 6.92 Å². The summed E-state index contributed by atoms with van der Waals surface area (Å²) in [7, 11) is 7.29. The van der Waals surface area contributed by atoms with E-state index in [0.29, 0.717) is 50.1 Å². The Balaban J connectivity index is 0.000000748. The molecule has 42 heavy (non-hydrogen) atoms. The van der Waals surface area contributed by atoms with Gasteiger partial charge in [-0.05, 0) is 51.3 Å². The number of methoxy groups -OCH3 is 1. The maximum Gasteiger partial charge on any atom is 0.404 e. The Labute approximate surface area is 245 Å². The van der Waals surface area contributed by atoms with Gasteiger partial charge in [0.15, 0.2) is 0 Å². The number of nitrogens with one attached hydrogen (secondary N) is 1. The molecule has 2 radical (unpaired) electrons.